The SMILES string of the molecule is COP(=O)(OC)C(N)(CSC#N)c1ccccc1. The van der Waals surface area contributed by atoms with E-state index in [0.717, 1.165) is 11.8 Å². The van der Waals surface area contributed by atoms with Gasteiger partial charge in [-0.2, -0.15) is 5.26 Å². The minimum atomic E-state index is -3.55. The van der Waals surface area contributed by atoms with E-state index in [2.05, 4.69) is 0 Å². The van der Waals surface area contributed by atoms with Crippen molar-refractivity contribution in [1.29, 1.82) is 5.26 Å². The van der Waals surface area contributed by atoms with Gasteiger partial charge in [-0.3, -0.25) is 4.57 Å². The first-order valence-electron chi connectivity index (χ1n) is 5.11. The first kappa shape index (κ1) is 15.2. The average Bonchev–Trinajstić information content (AvgIpc) is 2.44. The summed E-state index contributed by atoms with van der Waals surface area (Å²) in [6, 6.07) is 8.87. The number of thiocyanates is 1. The molecule has 0 fully saturated rings. The summed E-state index contributed by atoms with van der Waals surface area (Å²) >= 11 is 0.916. The maximum absolute atomic E-state index is 12.6. The fraction of sp³-hybridized carbons (Fsp3) is 0.364. The van der Waals surface area contributed by atoms with Gasteiger partial charge in [0.1, 0.15) is 5.40 Å². The zero-order valence-electron chi connectivity index (χ0n) is 10.2. The Labute approximate surface area is 111 Å². The number of benzene rings is 1. The van der Waals surface area contributed by atoms with Crippen LogP contribution in [0.2, 0.25) is 0 Å². The van der Waals surface area contributed by atoms with Crippen molar-refractivity contribution in [2.45, 2.75) is 5.28 Å². The zero-order valence-corrected chi connectivity index (χ0v) is 11.9. The van der Waals surface area contributed by atoms with Crippen LogP contribution in [0.15, 0.2) is 30.3 Å². The van der Waals surface area contributed by atoms with Crippen molar-refractivity contribution in [2.24, 2.45) is 5.73 Å². The van der Waals surface area contributed by atoms with Gasteiger partial charge in [-0.1, -0.05) is 30.3 Å². The summed E-state index contributed by atoms with van der Waals surface area (Å²) in [5.41, 5.74) is 6.83. The number of thioether (sulfide) groups is 1. The van der Waals surface area contributed by atoms with Crippen LogP contribution in [0.25, 0.3) is 0 Å². The average molecular weight is 286 g/mol. The summed E-state index contributed by atoms with van der Waals surface area (Å²) < 4.78 is 22.6. The van der Waals surface area contributed by atoms with Gasteiger partial charge >= 0.3 is 7.60 Å². The Bertz CT molecular complexity index is 469. The van der Waals surface area contributed by atoms with Crippen LogP contribution in [0.5, 0.6) is 0 Å². The standard InChI is InChI=1S/C11H15N2O3PS/c1-15-17(14,16-2)11(13,8-18-9-12)10-6-4-3-5-7-10/h3-7H,8,13H2,1-2H3. The predicted molar refractivity (Wildman–Crippen MR) is 72.0 cm³/mol. The molecule has 7 heteroatoms. The first-order valence-corrected chi connectivity index (χ1v) is 7.64. The van der Waals surface area contributed by atoms with E-state index in [-0.39, 0.29) is 5.75 Å². The van der Waals surface area contributed by atoms with E-state index in [1.54, 1.807) is 24.3 Å². The van der Waals surface area contributed by atoms with E-state index in [4.69, 9.17) is 20.0 Å². The van der Waals surface area contributed by atoms with Gasteiger partial charge in [-0.25, -0.2) is 0 Å². The Hall–Kier alpha value is -0.830. The monoisotopic (exact) mass is 286 g/mol. The van der Waals surface area contributed by atoms with Gasteiger partial charge in [0.2, 0.25) is 0 Å². The molecule has 18 heavy (non-hydrogen) atoms. The van der Waals surface area contributed by atoms with Gasteiger partial charge in [-0.05, 0) is 17.3 Å². The number of hydrogen-bond acceptors (Lipinski definition) is 6. The summed E-state index contributed by atoms with van der Waals surface area (Å²) in [5, 5.41) is 9.24. The van der Waals surface area contributed by atoms with Crippen LogP contribution in [0, 0.1) is 10.7 Å². The van der Waals surface area contributed by atoms with E-state index in [0.29, 0.717) is 5.56 Å². The predicted octanol–water partition coefficient (Wildman–Crippen LogP) is 2.50. The Morgan fingerprint density at radius 2 is 1.94 bits per heavy atom. The van der Waals surface area contributed by atoms with Crippen LogP contribution in [-0.2, 0) is 18.9 Å². The fourth-order valence-electron chi connectivity index (χ4n) is 1.59. The highest BCUT2D eigenvalue weighted by atomic mass is 32.2. The quantitative estimate of drug-likeness (QED) is 0.638. The van der Waals surface area contributed by atoms with Crippen LogP contribution in [0.3, 0.4) is 0 Å². The van der Waals surface area contributed by atoms with Crippen LogP contribution in [0.1, 0.15) is 5.56 Å². The molecule has 1 rings (SSSR count). The third-order valence-electron chi connectivity index (χ3n) is 2.60. The van der Waals surface area contributed by atoms with Crippen molar-refractivity contribution in [1.82, 2.24) is 0 Å². The Morgan fingerprint density at radius 3 is 2.39 bits per heavy atom. The van der Waals surface area contributed by atoms with Crippen LogP contribution >= 0.6 is 19.4 Å². The van der Waals surface area contributed by atoms with Crippen molar-refractivity contribution < 1.29 is 13.6 Å². The molecule has 0 aliphatic heterocycles. The molecule has 0 aliphatic rings. The molecule has 0 aliphatic carbocycles. The van der Waals surface area contributed by atoms with Gasteiger partial charge in [0, 0.05) is 20.0 Å². The number of nitriles is 1. The molecule has 98 valence electrons. The van der Waals surface area contributed by atoms with Crippen molar-refractivity contribution in [3.05, 3.63) is 35.9 Å². The minimum absolute atomic E-state index is 0.118. The third-order valence-corrected chi connectivity index (χ3v) is 5.90. The molecule has 0 saturated carbocycles. The molecule has 1 atom stereocenters. The van der Waals surface area contributed by atoms with Gasteiger partial charge in [0.05, 0.1) is 0 Å². The maximum atomic E-state index is 12.6. The molecule has 5 nitrogen and oxygen atoms in total. The van der Waals surface area contributed by atoms with Crippen LogP contribution in [-0.4, -0.2) is 20.0 Å². The molecule has 1 aromatic rings. The zero-order chi connectivity index (χ0) is 13.6. The smallest absolute Gasteiger partial charge is 0.311 e. The molecular weight excluding hydrogens is 271 g/mol. The van der Waals surface area contributed by atoms with E-state index in [9.17, 15) is 4.57 Å². The minimum Gasteiger partial charge on any atom is -0.311 e. The Morgan fingerprint density at radius 1 is 1.39 bits per heavy atom. The normalized spacial score (nSPS) is 14.8. The number of rotatable bonds is 6. The lowest BCUT2D eigenvalue weighted by atomic mass is 10.1. The molecule has 1 aromatic carbocycles. The summed E-state index contributed by atoms with van der Waals surface area (Å²) in [4.78, 5) is 0. The summed E-state index contributed by atoms with van der Waals surface area (Å²) in [7, 11) is -0.982. The molecule has 1 unspecified atom stereocenters. The van der Waals surface area contributed by atoms with Crippen molar-refractivity contribution in [2.75, 3.05) is 20.0 Å². The Kier molecular flexibility index (Phi) is 5.39. The number of nitrogens with zero attached hydrogens (tertiary/aromatic N) is 1. The molecule has 2 N–H and O–H groups in total. The van der Waals surface area contributed by atoms with Gasteiger partial charge in [-0.15, -0.1) is 0 Å². The van der Waals surface area contributed by atoms with E-state index < -0.39 is 12.9 Å². The molecule has 0 radical (unpaired) electrons. The number of nitrogens with two attached hydrogens (primary N) is 1. The third kappa shape index (κ3) is 2.77. The lowest BCUT2D eigenvalue weighted by Crippen LogP contribution is -2.40. The largest absolute Gasteiger partial charge is 0.355 e. The molecule has 0 aromatic heterocycles. The fourth-order valence-corrected chi connectivity index (χ4v) is 4.13. The summed E-state index contributed by atoms with van der Waals surface area (Å²) in [6.45, 7) is 0. The molecular formula is C11H15N2O3PS. The number of hydrogen-bond donors (Lipinski definition) is 1. The summed E-state index contributed by atoms with van der Waals surface area (Å²) in [6.07, 6.45) is 0. The lowest BCUT2D eigenvalue weighted by molar-refractivity contribution is 0.250. The van der Waals surface area contributed by atoms with Gasteiger partial charge in [0.25, 0.3) is 0 Å². The molecule has 0 bridgehead atoms. The van der Waals surface area contributed by atoms with Gasteiger partial charge in [0.15, 0.2) is 5.28 Å². The van der Waals surface area contributed by atoms with Crippen molar-refractivity contribution in [3.63, 3.8) is 0 Å². The van der Waals surface area contributed by atoms with Gasteiger partial charge < -0.3 is 14.8 Å². The second-order valence-corrected chi connectivity index (χ2v) is 6.82. The van der Waals surface area contributed by atoms with E-state index in [1.165, 1.54) is 14.2 Å². The highest BCUT2D eigenvalue weighted by molar-refractivity contribution is 8.04. The molecule has 0 heterocycles. The molecule has 0 saturated heterocycles. The van der Waals surface area contributed by atoms with E-state index in [1.807, 2.05) is 11.5 Å². The summed E-state index contributed by atoms with van der Waals surface area (Å²) in [5.74, 6) is 0.118. The van der Waals surface area contributed by atoms with Crippen LogP contribution in [0.4, 0.5) is 0 Å². The molecule has 0 spiro atoms. The van der Waals surface area contributed by atoms with Crippen molar-refractivity contribution >= 4 is 19.4 Å². The highest BCUT2D eigenvalue weighted by Crippen LogP contribution is 2.61. The van der Waals surface area contributed by atoms with E-state index >= 15 is 0 Å². The lowest BCUT2D eigenvalue weighted by Gasteiger charge is -2.33. The van der Waals surface area contributed by atoms with Crippen LogP contribution < -0.4 is 5.73 Å². The first-order chi connectivity index (χ1) is 8.54. The topological polar surface area (TPSA) is 85.3 Å². The second-order valence-electron chi connectivity index (χ2n) is 3.53. The Balaban J connectivity index is 3.27. The highest BCUT2D eigenvalue weighted by Gasteiger charge is 2.48. The molecule has 0 amide bonds. The van der Waals surface area contributed by atoms with Crippen molar-refractivity contribution in [3.8, 4) is 5.40 Å². The maximum Gasteiger partial charge on any atom is 0.355 e. The second kappa shape index (κ2) is 6.37.